The predicted molar refractivity (Wildman–Crippen MR) is 81.0 cm³/mol. The zero-order chi connectivity index (χ0) is 14.9. The minimum absolute atomic E-state index is 0.00904. The van der Waals surface area contributed by atoms with Crippen molar-refractivity contribution < 1.29 is 9.18 Å². The highest BCUT2D eigenvalue weighted by Crippen LogP contribution is 2.25. The summed E-state index contributed by atoms with van der Waals surface area (Å²) in [5, 5.41) is 2.77. The van der Waals surface area contributed by atoms with Crippen LogP contribution in [0.3, 0.4) is 0 Å². The Kier molecular flexibility index (Phi) is 4.62. The van der Waals surface area contributed by atoms with Gasteiger partial charge in [-0.2, -0.15) is 0 Å². The molecule has 3 nitrogen and oxygen atoms in total. The molecule has 0 saturated heterocycles. The lowest BCUT2D eigenvalue weighted by Crippen LogP contribution is -2.14. The first-order chi connectivity index (χ1) is 9.38. The smallest absolute Gasteiger partial charge is 0.258 e. The largest absolute Gasteiger partial charge is 0.322 e. The van der Waals surface area contributed by atoms with E-state index >= 15 is 0 Å². The van der Waals surface area contributed by atoms with Gasteiger partial charge in [0.15, 0.2) is 0 Å². The zero-order valence-corrected chi connectivity index (χ0v) is 13.3. The number of nitrogens with zero attached hydrogens (tertiary/aromatic N) is 1. The lowest BCUT2D eigenvalue weighted by molar-refractivity contribution is 0.102. The number of hydrogen-bond donors (Lipinski definition) is 1. The SMILES string of the molecule is Cc1cc(Br)c(F)cc1NC(=O)c1ccc(Cl)nc1Cl. The third-order valence-electron chi connectivity index (χ3n) is 2.57. The first-order valence-corrected chi connectivity index (χ1v) is 7.02. The van der Waals surface area contributed by atoms with Crippen molar-refractivity contribution >= 4 is 50.7 Å². The molecule has 2 rings (SSSR count). The number of hydrogen-bond acceptors (Lipinski definition) is 2. The second kappa shape index (κ2) is 6.08. The molecule has 0 spiro atoms. The van der Waals surface area contributed by atoms with Crippen LogP contribution in [0, 0.1) is 12.7 Å². The van der Waals surface area contributed by atoms with Crippen molar-refractivity contribution in [3.63, 3.8) is 0 Å². The molecule has 0 aliphatic carbocycles. The van der Waals surface area contributed by atoms with Gasteiger partial charge >= 0.3 is 0 Å². The van der Waals surface area contributed by atoms with Gasteiger partial charge in [0.2, 0.25) is 0 Å². The van der Waals surface area contributed by atoms with Crippen molar-refractivity contribution in [2.24, 2.45) is 0 Å². The Balaban J connectivity index is 2.30. The quantitative estimate of drug-likeness (QED) is 0.760. The summed E-state index contributed by atoms with van der Waals surface area (Å²) in [6.45, 7) is 1.75. The van der Waals surface area contributed by atoms with Gasteiger partial charge in [-0.25, -0.2) is 9.37 Å². The fourth-order valence-electron chi connectivity index (χ4n) is 1.55. The van der Waals surface area contributed by atoms with Crippen molar-refractivity contribution in [2.45, 2.75) is 6.92 Å². The van der Waals surface area contributed by atoms with Crippen LogP contribution >= 0.6 is 39.1 Å². The molecule has 1 aromatic carbocycles. The summed E-state index contributed by atoms with van der Waals surface area (Å²) >= 11 is 14.6. The molecule has 20 heavy (non-hydrogen) atoms. The summed E-state index contributed by atoms with van der Waals surface area (Å²) < 4.78 is 13.8. The summed E-state index contributed by atoms with van der Waals surface area (Å²) in [5.74, 6) is -0.949. The Hall–Kier alpha value is -1.17. The molecule has 0 bridgehead atoms. The maximum Gasteiger partial charge on any atom is 0.258 e. The first kappa shape index (κ1) is 15.2. The highest BCUT2D eigenvalue weighted by atomic mass is 79.9. The van der Waals surface area contributed by atoms with E-state index in [1.807, 2.05) is 0 Å². The molecule has 2 aromatic rings. The van der Waals surface area contributed by atoms with Crippen LogP contribution in [0.15, 0.2) is 28.7 Å². The van der Waals surface area contributed by atoms with E-state index in [0.717, 1.165) is 0 Å². The topological polar surface area (TPSA) is 42.0 Å². The third-order valence-corrected chi connectivity index (χ3v) is 3.68. The number of benzene rings is 1. The van der Waals surface area contributed by atoms with Gasteiger partial charge in [0, 0.05) is 5.69 Å². The van der Waals surface area contributed by atoms with E-state index < -0.39 is 11.7 Å². The number of rotatable bonds is 2. The van der Waals surface area contributed by atoms with E-state index in [1.165, 1.54) is 18.2 Å². The molecule has 0 fully saturated rings. The Labute approximate surface area is 133 Å². The monoisotopic (exact) mass is 376 g/mol. The number of aromatic nitrogens is 1. The highest BCUT2D eigenvalue weighted by Gasteiger charge is 2.14. The zero-order valence-electron chi connectivity index (χ0n) is 10.2. The van der Waals surface area contributed by atoms with Crippen molar-refractivity contribution in [2.75, 3.05) is 5.32 Å². The number of nitrogens with one attached hydrogen (secondary N) is 1. The summed E-state index contributed by atoms with van der Waals surface area (Å²) in [6.07, 6.45) is 0. The second-order valence-corrected chi connectivity index (χ2v) is 5.61. The van der Waals surface area contributed by atoms with Gasteiger partial charge in [0.1, 0.15) is 16.1 Å². The Morgan fingerprint density at radius 2 is 2.05 bits per heavy atom. The number of carbonyl (C=O) groups excluding carboxylic acids is 1. The van der Waals surface area contributed by atoms with Crippen LogP contribution in [-0.2, 0) is 0 Å². The van der Waals surface area contributed by atoms with E-state index in [9.17, 15) is 9.18 Å². The summed E-state index contributed by atoms with van der Waals surface area (Å²) in [4.78, 5) is 15.9. The van der Waals surface area contributed by atoms with E-state index in [4.69, 9.17) is 23.2 Å². The van der Waals surface area contributed by atoms with Crippen LogP contribution in [0.25, 0.3) is 0 Å². The molecular weight excluding hydrogens is 370 g/mol. The van der Waals surface area contributed by atoms with Crippen LogP contribution in [0.2, 0.25) is 10.3 Å². The van der Waals surface area contributed by atoms with Crippen LogP contribution in [0.4, 0.5) is 10.1 Å². The molecule has 0 aliphatic rings. The Bertz CT molecular complexity index is 694. The van der Waals surface area contributed by atoms with Crippen LogP contribution < -0.4 is 5.32 Å². The standard InChI is InChI=1S/C13H8BrCl2FN2O/c1-6-4-8(14)9(17)5-10(6)18-13(20)7-2-3-11(15)19-12(7)16/h2-5H,1H3,(H,18,20). The molecule has 104 valence electrons. The van der Waals surface area contributed by atoms with E-state index in [1.54, 1.807) is 13.0 Å². The Morgan fingerprint density at radius 3 is 2.70 bits per heavy atom. The molecule has 1 heterocycles. The normalized spacial score (nSPS) is 10.4. The summed E-state index contributed by atoms with van der Waals surface area (Å²) in [7, 11) is 0. The maximum absolute atomic E-state index is 13.5. The van der Waals surface area contributed by atoms with Gasteiger partial charge in [-0.15, -0.1) is 0 Å². The van der Waals surface area contributed by atoms with Crippen molar-refractivity contribution in [1.82, 2.24) is 4.98 Å². The highest BCUT2D eigenvalue weighted by molar-refractivity contribution is 9.10. The van der Waals surface area contributed by atoms with Crippen molar-refractivity contribution in [1.29, 1.82) is 0 Å². The van der Waals surface area contributed by atoms with Gasteiger partial charge in [0.25, 0.3) is 5.91 Å². The summed E-state index contributed by atoms with van der Waals surface area (Å²) in [5.41, 5.74) is 1.24. The minimum Gasteiger partial charge on any atom is -0.322 e. The molecule has 1 aromatic heterocycles. The molecule has 7 heteroatoms. The van der Waals surface area contributed by atoms with Crippen LogP contribution in [-0.4, -0.2) is 10.9 Å². The van der Waals surface area contributed by atoms with Gasteiger partial charge in [0.05, 0.1) is 10.0 Å². The number of anilines is 1. The number of aryl methyl sites for hydroxylation is 1. The molecule has 0 unspecified atom stereocenters. The molecule has 0 radical (unpaired) electrons. The number of pyridine rings is 1. The average molecular weight is 378 g/mol. The van der Waals surface area contributed by atoms with E-state index in [0.29, 0.717) is 15.7 Å². The molecule has 0 aliphatic heterocycles. The first-order valence-electron chi connectivity index (χ1n) is 5.47. The van der Waals surface area contributed by atoms with Gasteiger partial charge in [-0.1, -0.05) is 23.2 Å². The average Bonchev–Trinajstić information content (AvgIpc) is 2.35. The minimum atomic E-state index is -0.482. The van der Waals surface area contributed by atoms with Crippen LogP contribution in [0.1, 0.15) is 15.9 Å². The molecular formula is C13H8BrCl2FN2O. The lowest BCUT2D eigenvalue weighted by atomic mass is 10.2. The fourth-order valence-corrected chi connectivity index (χ4v) is 2.44. The summed E-state index contributed by atoms with van der Waals surface area (Å²) in [6, 6.07) is 5.72. The van der Waals surface area contributed by atoms with E-state index in [2.05, 4.69) is 26.2 Å². The van der Waals surface area contributed by atoms with Gasteiger partial charge in [-0.05, 0) is 52.7 Å². The fraction of sp³-hybridized carbons (Fsp3) is 0.0769. The molecule has 0 atom stereocenters. The number of carbonyl (C=O) groups is 1. The second-order valence-electron chi connectivity index (χ2n) is 4.01. The van der Waals surface area contributed by atoms with Crippen molar-refractivity contribution in [3.8, 4) is 0 Å². The van der Waals surface area contributed by atoms with Gasteiger partial charge in [-0.3, -0.25) is 4.79 Å². The number of amides is 1. The molecule has 0 saturated carbocycles. The van der Waals surface area contributed by atoms with E-state index in [-0.39, 0.29) is 15.9 Å². The molecule has 1 N–H and O–H groups in total. The van der Waals surface area contributed by atoms with Crippen molar-refractivity contribution in [3.05, 3.63) is 56.0 Å². The van der Waals surface area contributed by atoms with Gasteiger partial charge < -0.3 is 5.32 Å². The predicted octanol–water partition coefficient (Wildman–Crippen LogP) is 4.85. The molecule has 1 amide bonds. The Morgan fingerprint density at radius 1 is 1.35 bits per heavy atom. The maximum atomic E-state index is 13.5. The number of halogens is 4. The lowest BCUT2D eigenvalue weighted by Gasteiger charge is -2.10. The third kappa shape index (κ3) is 3.29. The van der Waals surface area contributed by atoms with Crippen LogP contribution in [0.5, 0.6) is 0 Å².